The first-order valence-electron chi connectivity index (χ1n) is 6.40. The second-order valence-electron chi connectivity index (χ2n) is 5.01. The number of hydrogen-bond acceptors (Lipinski definition) is 3. The Labute approximate surface area is 116 Å². The number of hydrogen-bond donors (Lipinski definition) is 1. The minimum atomic E-state index is -4.61. The normalized spacial score (nSPS) is 23.9. The van der Waals surface area contributed by atoms with Gasteiger partial charge in [-0.25, -0.2) is 9.97 Å². The zero-order chi connectivity index (χ0) is 15.7. The molecule has 0 spiro atoms. The van der Waals surface area contributed by atoms with Crippen LogP contribution in [0.3, 0.4) is 0 Å². The van der Waals surface area contributed by atoms with E-state index in [-0.39, 0.29) is 18.8 Å². The average molecular weight is 313 g/mol. The van der Waals surface area contributed by atoms with Crippen molar-refractivity contribution in [1.29, 1.82) is 0 Å². The predicted molar refractivity (Wildman–Crippen MR) is 62.5 cm³/mol. The monoisotopic (exact) mass is 313 g/mol. The van der Waals surface area contributed by atoms with Gasteiger partial charge in [0.05, 0.1) is 5.92 Å². The lowest BCUT2D eigenvalue weighted by Gasteiger charge is -2.31. The van der Waals surface area contributed by atoms with Crippen LogP contribution in [0.1, 0.15) is 31.4 Å². The Morgan fingerprint density at radius 1 is 1.10 bits per heavy atom. The van der Waals surface area contributed by atoms with Crippen LogP contribution in [0.25, 0.3) is 0 Å². The maximum Gasteiger partial charge on any atom is 0.433 e. The van der Waals surface area contributed by atoms with Gasteiger partial charge in [0, 0.05) is 12.2 Å². The number of anilines is 1. The van der Waals surface area contributed by atoms with Crippen LogP contribution < -0.4 is 5.32 Å². The fourth-order valence-electron chi connectivity index (χ4n) is 2.39. The molecule has 9 heteroatoms. The third-order valence-electron chi connectivity index (χ3n) is 3.42. The molecule has 0 aromatic carbocycles. The Morgan fingerprint density at radius 2 is 1.81 bits per heavy atom. The third kappa shape index (κ3) is 4.21. The molecule has 118 valence electrons. The van der Waals surface area contributed by atoms with Crippen LogP contribution in [0.2, 0.25) is 0 Å². The summed E-state index contributed by atoms with van der Waals surface area (Å²) in [6, 6.07) is 0.138. The van der Waals surface area contributed by atoms with E-state index in [9.17, 15) is 26.3 Å². The highest BCUT2D eigenvalue weighted by atomic mass is 19.4. The van der Waals surface area contributed by atoms with Crippen LogP contribution in [0.5, 0.6) is 0 Å². The van der Waals surface area contributed by atoms with Crippen molar-refractivity contribution in [2.75, 3.05) is 5.32 Å². The summed E-state index contributed by atoms with van der Waals surface area (Å²) in [6.45, 7) is 0. The molecule has 1 heterocycles. The van der Waals surface area contributed by atoms with Crippen LogP contribution in [0, 0.1) is 5.92 Å². The van der Waals surface area contributed by atoms with Crippen LogP contribution in [0.15, 0.2) is 12.3 Å². The highest BCUT2D eigenvalue weighted by Gasteiger charge is 2.42. The molecular formula is C12H13F6N3. The zero-order valence-electron chi connectivity index (χ0n) is 10.8. The fraction of sp³-hybridized carbons (Fsp3) is 0.667. The van der Waals surface area contributed by atoms with Gasteiger partial charge in [0.25, 0.3) is 0 Å². The number of nitrogens with one attached hydrogen (secondary N) is 1. The van der Waals surface area contributed by atoms with Crippen LogP contribution in [-0.4, -0.2) is 22.2 Å². The molecule has 0 saturated heterocycles. The molecule has 2 rings (SSSR count). The second kappa shape index (κ2) is 5.69. The Kier molecular flexibility index (Phi) is 4.29. The largest absolute Gasteiger partial charge is 0.433 e. The summed E-state index contributed by atoms with van der Waals surface area (Å²) in [4.78, 5) is 6.93. The quantitative estimate of drug-likeness (QED) is 0.838. The lowest BCUT2D eigenvalue weighted by atomic mass is 9.85. The van der Waals surface area contributed by atoms with Gasteiger partial charge in [0.1, 0.15) is 5.69 Å². The van der Waals surface area contributed by atoms with E-state index in [4.69, 9.17) is 0 Å². The molecule has 2 atom stereocenters. The van der Waals surface area contributed by atoms with Crippen molar-refractivity contribution in [2.24, 2.45) is 5.92 Å². The first kappa shape index (κ1) is 15.8. The van der Waals surface area contributed by atoms with E-state index in [1.165, 1.54) is 0 Å². The summed E-state index contributed by atoms with van der Waals surface area (Å²) in [7, 11) is 0. The number of nitrogens with zero attached hydrogens (tertiary/aromatic N) is 2. The summed E-state index contributed by atoms with van der Waals surface area (Å²) >= 11 is 0. The molecule has 1 saturated carbocycles. The van der Waals surface area contributed by atoms with E-state index in [0.29, 0.717) is 18.9 Å². The van der Waals surface area contributed by atoms with Gasteiger partial charge >= 0.3 is 12.4 Å². The molecule has 0 amide bonds. The fourth-order valence-corrected chi connectivity index (χ4v) is 2.39. The Bertz CT molecular complexity index is 485. The topological polar surface area (TPSA) is 37.8 Å². The van der Waals surface area contributed by atoms with E-state index in [1.54, 1.807) is 0 Å². The lowest BCUT2D eigenvalue weighted by Crippen LogP contribution is -2.35. The van der Waals surface area contributed by atoms with E-state index in [2.05, 4.69) is 15.3 Å². The van der Waals surface area contributed by atoms with Crippen molar-refractivity contribution in [3.63, 3.8) is 0 Å². The third-order valence-corrected chi connectivity index (χ3v) is 3.42. The summed E-state index contributed by atoms with van der Waals surface area (Å²) in [5.74, 6) is -1.73. The van der Waals surface area contributed by atoms with Crippen molar-refractivity contribution < 1.29 is 26.3 Å². The van der Waals surface area contributed by atoms with Crippen LogP contribution in [-0.2, 0) is 6.18 Å². The van der Waals surface area contributed by atoms with Gasteiger partial charge in [-0.15, -0.1) is 0 Å². The zero-order valence-corrected chi connectivity index (χ0v) is 10.8. The van der Waals surface area contributed by atoms with E-state index in [0.717, 1.165) is 6.20 Å². The molecule has 0 aliphatic heterocycles. The molecule has 1 aliphatic carbocycles. The van der Waals surface area contributed by atoms with Gasteiger partial charge in [-0.05, 0) is 25.3 Å². The average Bonchev–Trinajstić information content (AvgIpc) is 2.37. The summed E-state index contributed by atoms with van der Waals surface area (Å²) < 4.78 is 75.5. The molecule has 1 fully saturated rings. The minimum absolute atomic E-state index is 0.0468. The van der Waals surface area contributed by atoms with E-state index in [1.807, 2.05) is 0 Å². The highest BCUT2D eigenvalue weighted by molar-refractivity contribution is 5.27. The number of alkyl halides is 6. The molecule has 0 radical (unpaired) electrons. The molecule has 1 aromatic rings. The van der Waals surface area contributed by atoms with Crippen molar-refractivity contribution in [3.05, 3.63) is 18.0 Å². The summed E-state index contributed by atoms with van der Waals surface area (Å²) in [5.41, 5.74) is -1.12. The molecule has 0 unspecified atom stereocenters. The first-order chi connectivity index (χ1) is 9.66. The predicted octanol–water partition coefficient (Wildman–Crippen LogP) is 4.03. The molecule has 21 heavy (non-hydrogen) atoms. The molecule has 0 bridgehead atoms. The summed E-state index contributed by atoms with van der Waals surface area (Å²) in [6.07, 6.45) is -7.28. The van der Waals surface area contributed by atoms with Crippen LogP contribution >= 0.6 is 0 Å². The SMILES string of the molecule is FC(F)(F)c1ccnc(N[C@@H]2CCC[C@H](C(F)(F)F)C2)n1. The Balaban J connectivity index is 2.05. The standard InChI is InChI=1S/C12H13F6N3/c13-11(14,15)7-2-1-3-8(6-7)20-10-19-5-4-9(21-10)12(16,17)18/h4-5,7-8H,1-3,6H2,(H,19,20,21)/t7-,8+/m0/s1. The minimum Gasteiger partial charge on any atom is -0.351 e. The van der Waals surface area contributed by atoms with Crippen molar-refractivity contribution >= 4 is 5.95 Å². The smallest absolute Gasteiger partial charge is 0.351 e. The number of rotatable bonds is 2. The highest BCUT2D eigenvalue weighted by Crippen LogP contribution is 2.38. The Morgan fingerprint density at radius 3 is 2.43 bits per heavy atom. The van der Waals surface area contributed by atoms with Gasteiger partial charge in [-0.2, -0.15) is 26.3 Å². The lowest BCUT2D eigenvalue weighted by molar-refractivity contribution is -0.182. The molecule has 1 aromatic heterocycles. The van der Waals surface area contributed by atoms with Crippen molar-refractivity contribution in [2.45, 2.75) is 44.1 Å². The molecule has 1 N–H and O–H groups in total. The van der Waals surface area contributed by atoms with Gasteiger partial charge in [-0.1, -0.05) is 6.42 Å². The van der Waals surface area contributed by atoms with Gasteiger partial charge < -0.3 is 5.32 Å². The Hall–Kier alpha value is -1.54. The number of aromatic nitrogens is 2. The van der Waals surface area contributed by atoms with Crippen molar-refractivity contribution in [1.82, 2.24) is 9.97 Å². The summed E-state index contributed by atoms with van der Waals surface area (Å²) in [5, 5.41) is 2.57. The van der Waals surface area contributed by atoms with Gasteiger partial charge in [0.15, 0.2) is 0 Å². The molecule has 3 nitrogen and oxygen atoms in total. The van der Waals surface area contributed by atoms with Gasteiger partial charge in [0.2, 0.25) is 5.95 Å². The molecule has 1 aliphatic rings. The van der Waals surface area contributed by atoms with Crippen molar-refractivity contribution in [3.8, 4) is 0 Å². The van der Waals surface area contributed by atoms with Crippen LogP contribution in [0.4, 0.5) is 32.3 Å². The second-order valence-corrected chi connectivity index (χ2v) is 5.01. The first-order valence-corrected chi connectivity index (χ1v) is 6.40. The van der Waals surface area contributed by atoms with E-state index < -0.39 is 30.0 Å². The van der Waals surface area contributed by atoms with E-state index >= 15 is 0 Å². The van der Waals surface area contributed by atoms with Gasteiger partial charge in [-0.3, -0.25) is 0 Å². The number of halogens is 6. The molecular weight excluding hydrogens is 300 g/mol. The maximum absolute atomic E-state index is 12.7. The maximum atomic E-state index is 12.7.